The maximum Gasteiger partial charge on any atom is 0.259 e. The van der Waals surface area contributed by atoms with Crippen LogP contribution in [0.25, 0.3) is 0 Å². The van der Waals surface area contributed by atoms with Gasteiger partial charge in [0.15, 0.2) is 0 Å². The van der Waals surface area contributed by atoms with Crippen LogP contribution < -0.4 is 10.1 Å². The molecule has 1 N–H and O–H groups in total. The number of hydrogen-bond acceptors (Lipinski definition) is 4. The molecule has 5 heteroatoms. The van der Waals surface area contributed by atoms with Gasteiger partial charge in [0.1, 0.15) is 5.75 Å². The summed E-state index contributed by atoms with van der Waals surface area (Å²) in [5.74, 6) is 2.87. The number of nitrogens with one attached hydrogen (secondary N) is 1. The Kier molecular flexibility index (Phi) is 6.22. The lowest BCUT2D eigenvalue weighted by Crippen LogP contribution is -2.31. The topological polar surface area (TPSA) is 41.6 Å². The van der Waals surface area contributed by atoms with Gasteiger partial charge in [0, 0.05) is 36.8 Å². The Morgan fingerprint density at radius 1 is 1.15 bits per heavy atom. The first-order chi connectivity index (χ1) is 12.6. The molecule has 1 aliphatic rings. The third-order valence-electron chi connectivity index (χ3n) is 4.65. The van der Waals surface area contributed by atoms with E-state index in [0.29, 0.717) is 11.3 Å². The molecule has 4 nitrogen and oxygen atoms in total. The molecule has 26 heavy (non-hydrogen) atoms. The number of nitrogens with zero attached hydrogens (tertiary/aromatic N) is 1. The first-order valence-electron chi connectivity index (χ1n) is 8.92. The number of ether oxygens (including phenoxy) is 1. The van der Waals surface area contributed by atoms with Gasteiger partial charge in [-0.05, 0) is 43.2 Å². The van der Waals surface area contributed by atoms with Crippen molar-refractivity contribution in [3.63, 3.8) is 0 Å². The lowest BCUT2D eigenvalue weighted by molar-refractivity contribution is 0.102. The second-order valence-electron chi connectivity index (χ2n) is 6.70. The number of anilines is 1. The smallest absolute Gasteiger partial charge is 0.259 e. The van der Waals surface area contributed by atoms with E-state index in [-0.39, 0.29) is 5.91 Å². The molecule has 0 spiro atoms. The largest absolute Gasteiger partial charge is 0.496 e. The molecule has 0 atom stereocenters. The molecule has 0 aromatic heterocycles. The monoisotopic (exact) mass is 370 g/mol. The fraction of sp³-hybridized carbons (Fsp3) is 0.381. The van der Waals surface area contributed by atoms with Gasteiger partial charge >= 0.3 is 0 Å². The van der Waals surface area contributed by atoms with Crippen LogP contribution in [0.15, 0.2) is 36.4 Å². The van der Waals surface area contributed by atoms with E-state index in [1.807, 2.05) is 49.9 Å². The maximum absolute atomic E-state index is 12.7. The van der Waals surface area contributed by atoms with E-state index in [2.05, 4.69) is 22.3 Å². The molecule has 1 amide bonds. The van der Waals surface area contributed by atoms with Crippen molar-refractivity contribution in [2.45, 2.75) is 20.4 Å². The molecule has 0 saturated carbocycles. The van der Waals surface area contributed by atoms with E-state index < -0.39 is 0 Å². The van der Waals surface area contributed by atoms with Crippen molar-refractivity contribution in [3.8, 4) is 5.75 Å². The number of amides is 1. The SMILES string of the molecule is COc1ccc(C)cc1C(=O)Nc1ccc(CN2CCSCC2)cc1C. The number of carbonyl (C=O) groups is 1. The van der Waals surface area contributed by atoms with Crippen molar-refractivity contribution < 1.29 is 9.53 Å². The second kappa shape index (κ2) is 8.60. The first kappa shape index (κ1) is 18.8. The molecule has 2 aromatic carbocycles. The van der Waals surface area contributed by atoms with Gasteiger partial charge in [0.2, 0.25) is 0 Å². The normalized spacial score (nSPS) is 14.9. The maximum atomic E-state index is 12.7. The fourth-order valence-electron chi connectivity index (χ4n) is 3.17. The molecule has 1 aliphatic heterocycles. The molecular formula is C21H26N2O2S. The van der Waals surface area contributed by atoms with Crippen molar-refractivity contribution in [3.05, 3.63) is 58.7 Å². The Balaban J connectivity index is 1.71. The van der Waals surface area contributed by atoms with Gasteiger partial charge in [-0.3, -0.25) is 9.69 Å². The van der Waals surface area contributed by atoms with Crippen molar-refractivity contribution in [1.82, 2.24) is 4.90 Å². The first-order valence-corrected chi connectivity index (χ1v) is 10.1. The second-order valence-corrected chi connectivity index (χ2v) is 7.92. The van der Waals surface area contributed by atoms with E-state index in [9.17, 15) is 4.79 Å². The third kappa shape index (κ3) is 4.59. The zero-order chi connectivity index (χ0) is 18.5. The number of hydrogen-bond donors (Lipinski definition) is 1. The van der Waals surface area contributed by atoms with Gasteiger partial charge in [0.05, 0.1) is 12.7 Å². The summed E-state index contributed by atoms with van der Waals surface area (Å²) >= 11 is 2.02. The van der Waals surface area contributed by atoms with Crippen LogP contribution in [0, 0.1) is 13.8 Å². The summed E-state index contributed by atoms with van der Waals surface area (Å²) in [6, 6.07) is 11.9. The van der Waals surface area contributed by atoms with Crippen LogP contribution in [-0.4, -0.2) is 42.5 Å². The minimum atomic E-state index is -0.144. The molecule has 0 aliphatic carbocycles. The summed E-state index contributed by atoms with van der Waals surface area (Å²) in [5.41, 5.74) is 4.80. The molecular weight excluding hydrogens is 344 g/mol. The summed E-state index contributed by atoms with van der Waals surface area (Å²) in [5, 5.41) is 3.02. The molecule has 0 unspecified atom stereocenters. The van der Waals surface area contributed by atoms with Crippen molar-refractivity contribution >= 4 is 23.4 Å². The van der Waals surface area contributed by atoms with Crippen molar-refractivity contribution in [1.29, 1.82) is 0 Å². The molecule has 138 valence electrons. The highest BCUT2D eigenvalue weighted by molar-refractivity contribution is 7.99. The summed E-state index contributed by atoms with van der Waals surface area (Å²) in [6.45, 7) is 7.28. The van der Waals surface area contributed by atoms with Crippen LogP contribution in [0.1, 0.15) is 27.0 Å². The van der Waals surface area contributed by atoms with Crippen LogP contribution in [0.3, 0.4) is 0 Å². The van der Waals surface area contributed by atoms with E-state index in [4.69, 9.17) is 4.74 Å². The van der Waals surface area contributed by atoms with Crippen LogP contribution in [0.4, 0.5) is 5.69 Å². The van der Waals surface area contributed by atoms with Gasteiger partial charge in [-0.2, -0.15) is 11.8 Å². The molecule has 0 radical (unpaired) electrons. The minimum Gasteiger partial charge on any atom is -0.496 e. The van der Waals surface area contributed by atoms with Crippen molar-refractivity contribution in [2.75, 3.05) is 37.0 Å². The number of thioether (sulfide) groups is 1. The third-order valence-corrected chi connectivity index (χ3v) is 5.59. The zero-order valence-corrected chi connectivity index (χ0v) is 16.5. The number of benzene rings is 2. The van der Waals surface area contributed by atoms with E-state index in [0.717, 1.165) is 36.4 Å². The standard InChI is InChI=1S/C21H26N2O2S/c1-15-4-7-20(25-3)18(12-15)21(24)22-19-6-5-17(13-16(19)2)14-23-8-10-26-11-9-23/h4-7,12-13H,8-11,14H2,1-3H3,(H,22,24). The Labute approximate surface area is 159 Å². The number of rotatable bonds is 5. The summed E-state index contributed by atoms with van der Waals surface area (Å²) in [7, 11) is 1.58. The number of methoxy groups -OCH3 is 1. The lowest BCUT2D eigenvalue weighted by Gasteiger charge is -2.26. The molecule has 1 saturated heterocycles. The average molecular weight is 371 g/mol. The Hall–Kier alpha value is -1.98. The molecule has 3 rings (SSSR count). The predicted molar refractivity (Wildman–Crippen MR) is 109 cm³/mol. The van der Waals surface area contributed by atoms with Crippen LogP contribution >= 0.6 is 11.8 Å². The Bertz CT molecular complexity index is 786. The molecule has 1 fully saturated rings. The average Bonchev–Trinajstić information content (AvgIpc) is 2.64. The summed E-state index contributed by atoms with van der Waals surface area (Å²) in [6.07, 6.45) is 0. The highest BCUT2D eigenvalue weighted by Crippen LogP contribution is 2.23. The summed E-state index contributed by atoms with van der Waals surface area (Å²) in [4.78, 5) is 15.2. The van der Waals surface area contributed by atoms with Crippen LogP contribution in [-0.2, 0) is 6.54 Å². The van der Waals surface area contributed by atoms with E-state index in [1.165, 1.54) is 17.1 Å². The van der Waals surface area contributed by atoms with Gasteiger partial charge in [-0.1, -0.05) is 23.8 Å². The van der Waals surface area contributed by atoms with Gasteiger partial charge in [0.25, 0.3) is 5.91 Å². The Morgan fingerprint density at radius 3 is 2.62 bits per heavy atom. The zero-order valence-electron chi connectivity index (χ0n) is 15.7. The summed E-state index contributed by atoms with van der Waals surface area (Å²) < 4.78 is 5.33. The molecule has 1 heterocycles. The van der Waals surface area contributed by atoms with Crippen molar-refractivity contribution in [2.24, 2.45) is 0 Å². The van der Waals surface area contributed by atoms with E-state index in [1.54, 1.807) is 7.11 Å². The number of carbonyl (C=O) groups excluding carboxylic acids is 1. The highest BCUT2D eigenvalue weighted by atomic mass is 32.2. The van der Waals surface area contributed by atoms with Crippen LogP contribution in [0.2, 0.25) is 0 Å². The van der Waals surface area contributed by atoms with E-state index >= 15 is 0 Å². The predicted octanol–water partition coefficient (Wildman–Crippen LogP) is 4.11. The minimum absolute atomic E-state index is 0.144. The van der Waals surface area contributed by atoms with Crippen LogP contribution in [0.5, 0.6) is 5.75 Å². The highest BCUT2D eigenvalue weighted by Gasteiger charge is 2.15. The van der Waals surface area contributed by atoms with Gasteiger partial charge in [-0.25, -0.2) is 0 Å². The quantitative estimate of drug-likeness (QED) is 0.860. The van der Waals surface area contributed by atoms with Gasteiger partial charge in [-0.15, -0.1) is 0 Å². The fourth-order valence-corrected chi connectivity index (χ4v) is 4.15. The molecule has 0 bridgehead atoms. The molecule has 2 aromatic rings. The Morgan fingerprint density at radius 2 is 1.92 bits per heavy atom. The van der Waals surface area contributed by atoms with Gasteiger partial charge < -0.3 is 10.1 Å². The number of aryl methyl sites for hydroxylation is 2. The lowest BCUT2D eigenvalue weighted by atomic mass is 10.1.